The lowest BCUT2D eigenvalue weighted by Crippen LogP contribution is -2.61. The van der Waals surface area contributed by atoms with E-state index in [-0.39, 0.29) is 6.71 Å². The molecule has 60 heavy (non-hydrogen) atoms. The van der Waals surface area contributed by atoms with Crippen LogP contribution in [0.3, 0.4) is 0 Å². The Kier molecular flexibility index (Phi) is 7.13. The molecule has 0 saturated carbocycles. The summed E-state index contributed by atoms with van der Waals surface area (Å²) in [5, 5.41) is 3.43. The average Bonchev–Trinajstić information content (AvgIpc) is 3.76. The number of rotatable bonds is 4. The molecule has 2 aliphatic heterocycles. The number of furan rings is 2. The van der Waals surface area contributed by atoms with Crippen LogP contribution in [0.25, 0.3) is 61.2 Å². The number of nitrogens with zero attached hydrogens (tertiary/aromatic N) is 2. The van der Waals surface area contributed by atoms with Gasteiger partial charge in [0, 0.05) is 55.8 Å². The van der Waals surface area contributed by atoms with Crippen molar-refractivity contribution in [3.05, 3.63) is 205 Å². The Balaban J connectivity index is 1.06. The molecular weight excluding hydrogens is 731 g/mol. The minimum absolute atomic E-state index is 0.0382. The highest BCUT2D eigenvalue weighted by Crippen LogP contribution is 2.45. The topological polar surface area (TPSA) is 32.8 Å². The quantitative estimate of drug-likeness (QED) is 0.167. The number of anilines is 6. The molecule has 0 N–H and O–H groups in total. The van der Waals surface area contributed by atoms with E-state index in [9.17, 15) is 0 Å². The molecule has 0 radical (unpaired) electrons. The van der Waals surface area contributed by atoms with Crippen molar-refractivity contribution in [1.82, 2.24) is 0 Å². The van der Waals surface area contributed by atoms with Crippen molar-refractivity contribution in [1.29, 1.82) is 0 Å². The zero-order chi connectivity index (χ0) is 39.3. The Morgan fingerprint density at radius 2 is 0.967 bits per heavy atom. The van der Waals surface area contributed by atoms with E-state index in [0.717, 1.165) is 56.6 Å². The van der Waals surface area contributed by atoms with Crippen molar-refractivity contribution in [2.75, 3.05) is 9.80 Å². The SMILES string of the molecule is C1=CCc2c(oc3ccc(-c4ccc5c(c4)B4c6cc(-c7ccc8oc9ccccc9c8c7)ccc6N(c6ccccc6)c6cccc(c64)N5c4ccccc4)cc23)C=C1. The first kappa shape index (κ1) is 33.2. The minimum atomic E-state index is -0.0382. The second-order valence-electron chi connectivity index (χ2n) is 16.0. The first-order chi connectivity index (χ1) is 29.7. The van der Waals surface area contributed by atoms with Gasteiger partial charge in [-0.3, -0.25) is 0 Å². The third-order valence-electron chi connectivity index (χ3n) is 12.7. The molecule has 2 aromatic heterocycles. The molecule has 0 amide bonds. The summed E-state index contributed by atoms with van der Waals surface area (Å²) in [5.41, 5.74) is 19.5. The van der Waals surface area contributed by atoms with Crippen molar-refractivity contribution < 1.29 is 8.83 Å². The molecule has 4 nitrogen and oxygen atoms in total. The zero-order valence-electron chi connectivity index (χ0n) is 32.5. The fraction of sp³-hybridized carbons (Fsp3) is 0.0182. The maximum Gasteiger partial charge on any atom is 0.252 e. The van der Waals surface area contributed by atoms with Crippen LogP contribution >= 0.6 is 0 Å². The van der Waals surface area contributed by atoms with E-state index in [1.54, 1.807) is 0 Å². The number of benzene rings is 8. The number of para-hydroxylation sites is 3. The first-order valence-corrected chi connectivity index (χ1v) is 20.7. The number of hydrogen-bond acceptors (Lipinski definition) is 4. The monoisotopic (exact) mass is 766 g/mol. The van der Waals surface area contributed by atoms with E-state index in [2.05, 4.69) is 198 Å². The lowest BCUT2D eigenvalue weighted by molar-refractivity contribution is 0.600. The average molecular weight is 767 g/mol. The molecule has 8 aromatic carbocycles. The van der Waals surface area contributed by atoms with Gasteiger partial charge in [-0.1, -0.05) is 115 Å². The Morgan fingerprint density at radius 3 is 1.63 bits per heavy atom. The summed E-state index contributed by atoms with van der Waals surface area (Å²) in [4.78, 5) is 4.92. The fourth-order valence-corrected chi connectivity index (χ4v) is 10.0. The molecule has 13 rings (SSSR count). The summed E-state index contributed by atoms with van der Waals surface area (Å²) >= 11 is 0. The smallest absolute Gasteiger partial charge is 0.252 e. The van der Waals surface area contributed by atoms with Crippen molar-refractivity contribution in [3.63, 3.8) is 0 Å². The van der Waals surface area contributed by atoms with E-state index in [4.69, 9.17) is 8.83 Å². The van der Waals surface area contributed by atoms with E-state index >= 15 is 0 Å². The fourth-order valence-electron chi connectivity index (χ4n) is 10.0. The van der Waals surface area contributed by atoms with E-state index in [1.165, 1.54) is 66.8 Å². The molecule has 280 valence electrons. The highest BCUT2D eigenvalue weighted by Gasteiger charge is 2.43. The van der Waals surface area contributed by atoms with Crippen LogP contribution in [0.1, 0.15) is 11.3 Å². The molecule has 0 spiro atoms. The normalized spacial score (nSPS) is 13.7. The van der Waals surface area contributed by atoms with Crippen LogP contribution in [0.5, 0.6) is 0 Å². The number of allylic oxidation sites excluding steroid dienone is 3. The summed E-state index contributed by atoms with van der Waals surface area (Å²) in [6.07, 6.45) is 9.29. The van der Waals surface area contributed by atoms with Gasteiger partial charge in [-0.15, -0.1) is 0 Å². The number of hydrogen-bond donors (Lipinski definition) is 0. The van der Waals surface area contributed by atoms with Crippen LogP contribution < -0.4 is 26.2 Å². The van der Waals surface area contributed by atoms with Crippen LogP contribution in [-0.2, 0) is 6.42 Å². The summed E-state index contributed by atoms with van der Waals surface area (Å²) in [6.45, 7) is -0.0382. The summed E-state index contributed by atoms with van der Waals surface area (Å²) < 4.78 is 12.6. The van der Waals surface area contributed by atoms with Crippen molar-refractivity contribution in [3.8, 4) is 22.3 Å². The molecule has 0 atom stereocenters. The summed E-state index contributed by atoms with van der Waals surface area (Å²) in [6, 6.07) is 64.2. The first-order valence-electron chi connectivity index (χ1n) is 20.7. The molecule has 10 aromatic rings. The standard InChI is InChI=1S/C55H35BN2O2/c1-4-13-39(14-5-1)57-47-27-23-37(35-25-29-53-43(31-35)41-17-8-3-9-21-51(41)59-53)33-45(47)56-46-34-38(36-26-30-54-44(32-36)42-18-10-11-22-52(42)60-54)24-28-48(46)58(40-15-6-2-7-16-40)50-20-12-19-49(57)55(50)56/h1-16,18-34H,17H2. The Bertz CT molecular complexity index is 3420. The van der Waals surface area contributed by atoms with Gasteiger partial charge in [-0.2, -0.15) is 0 Å². The third kappa shape index (κ3) is 4.93. The second kappa shape index (κ2) is 12.9. The molecular formula is C55H35BN2O2. The predicted molar refractivity (Wildman–Crippen MR) is 250 cm³/mol. The lowest BCUT2D eigenvalue weighted by Gasteiger charge is -2.44. The Hall–Kier alpha value is -7.76. The van der Waals surface area contributed by atoms with Crippen molar-refractivity contribution in [2.45, 2.75) is 6.42 Å². The van der Waals surface area contributed by atoms with Crippen molar-refractivity contribution >= 4 is 96.2 Å². The van der Waals surface area contributed by atoms with Gasteiger partial charge < -0.3 is 18.6 Å². The molecule has 0 bridgehead atoms. The maximum atomic E-state index is 6.34. The molecule has 3 aliphatic rings. The van der Waals surface area contributed by atoms with Crippen LogP contribution in [0.2, 0.25) is 0 Å². The molecule has 0 saturated heterocycles. The Labute approximate surface area is 347 Å². The minimum Gasteiger partial charge on any atom is -0.456 e. The summed E-state index contributed by atoms with van der Waals surface area (Å²) in [7, 11) is 0. The zero-order valence-corrected chi connectivity index (χ0v) is 32.5. The van der Waals surface area contributed by atoms with Gasteiger partial charge in [0.05, 0.1) is 0 Å². The third-order valence-corrected chi connectivity index (χ3v) is 12.7. The van der Waals surface area contributed by atoms with E-state index < -0.39 is 0 Å². The predicted octanol–water partition coefficient (Wildman–Crippen LogP) is 12.9. The van der Waals surface area contributed by atoms with Gasteiger partial charge >= 0.3 is 0 Å². The van der Waals surface area contributed by atoms with Gasteiger partial charge in [0.25, 0.3) is 6.71 Å². The highest BCUT2D eigenvalue weighted by atomic mass is 16.3. The molecule has 5 heteroatoms. The lowest BCUT2D eigenvalue weighted by atomic mass is 9.33. The molecule has 1 aliphatic carbocycles. The van der Waals surface area contributed by atoms with Crippen LogP contribution in [0.15, 0.2) is 203 Å². The van der Waals surface area contributed by atoms with E-state index in [1.807, 2.05) is 12.1 Å². The van der Waals surface area contributed by atoms with Crippen LogP contribution in [-0.4, -0.2) is 6.71 Å². The maximum absolute atomic E-state index is 6.34. The van der Waals surface area contributed by atoms with Crippen molar-refractivity contribution in [2.24, 2.45) is 0 Å². The van der Waals surface area contributed by atoms with Gasteiger partial charge in [-0.05, 0) is 130 Å². The van der Waals surface area contributed by atoms with Gasteiger partial charge in [0.2, 0.25) is 0 Å². The van der Waals surface area contributed by atoms with Gasteiger partial charge in [0.1, 0.15) is 22.5 Å². The number of fused-ring (bicyclic) bond motifs is 10. The molecule has 0 unspecified atom stereocenters. The molecule has 4 heterocycles. The largest absolute Gasteiger partial charge is 0.456 e. The molecule has 0 fully saturated rings. The van der Waals surface area contributed by atoms with Crippen LogP contribution in [0.4, 0.5) is 34.1 Å². The van der Waals surface area contributed by atoms with Crippen LogP contribution in [0, 0.1) is 0 Å². The van der Waals surface area contributed by atoms with Gasteiger partial charge in [0.15, 0.2) is 0 Å². The van der Waals surface area contributed by atoms with Gasteiger partial charge in [-0.25, -0.2) is 0 Å². The van der Waals surface area contributed by atoms with E-state index in [0.29, 0.717) is 0 Å². The highest BCUT2D eigenvalue weighted by molar-refractivity contribution is 7.00. The Morgan fingerprint density at radius 1 is 0.417 bits per heavy atom. The summed E-state index contributed by atoms with van der Waals surface area (Å²) in [5.74, 6) is 0.943. The second-order valence-corrected chi connectivity index (χ2v) is 16.0.